The van der Waals surface area contributed by atoms with E-state index in [0.29, 0.717) is 18.7 Å². The molecule has 1 heterocycles. The first-order valence-corrected chi connectivity index (χ1v) is 14.1. The van der Waals surface area contributed by atoms with Gasteiger partial charge in [-0.1, -0.05) is 50.2 Å². The van der Waals surface area contributed by atoms with Gasteiger partial charge in [0.25, 0.3) is 5.91 Å². The highest BCUT2D eigenvalue weighted by Gasteiger charge is 2.30. The molecular weight excluding hydrogens is 505 g/mol. The number of nitrogens with zero attached hydrogens (tertiary/aromatic N) is 2. The van der Waals surface area contributed by atoms with E-state index in [1.54, 1.807) is 7.11 Å². The summed E-state index contributed by atoms with van der Waals surface area (Å²) < 4.78 is 18.4. The lowest BCUT2D eigenvalue weighted by atomic mass is 9.98. The van der Waals surface area contributed by atoms with E-state index in [1.165, 1.54) is 12.1 Å². The molecule has 2 amide bonds. The van der Waals surface area contributed by atoms with E-state index in [9.17, 15) is 14.0 Å². The van der Waals surface area contributed by atoms with Crippen LogP contribution in [0.3, 0.4) is 0 Å². The number of nitrogens with one attached hydrogen (secondary N) is 1. The van der Waals surface area contributed by atoms with Crippen LogP contribution < -0.4 is 10.1 Å². The van der Waals surface area contributed by atoms with Gasteiger partial charge in [0, 0.05) is 50.2 Å². The summed E-state index contributed by atoms with van der Waals surface area (Å²) in [4.78, 5) is 30.5. The molecule has 0 radical (unpaired) electrons. The SMILES string of the molecule is CCC(C)C(=O)N(Cc1ccc(C(=O)NCc2ccc(OC)cc2)cc1)C1CCN(Cc2ccc(F)cc2)CC1. The number of carbonyl (C=O) groups excluding carboxylic acids is 2. The lowest BCUT2D eigenvalue weighted by molar-refractivity contribution is -0.139. The van der Waals surface area contributed by atoms with E-state index >= 15 is 0 Å². The van der Waals surface area contributed by atoms with E-state index in [0.717, 1.165) is 61.3 Å². The third kappa shape index (κ3) is 7.92. The van der Waals surface area contributed by atoms with Crippen LogP contribution in [-0.4, -0.2) is 47.9 Å². The molecule has 1 aliphatic rings. The number of ether oxygens (including phenoxy) is 1. The Balaban J connectivity index is 1.35. The Bertz CT molecular complexity index is 1240. The van der Waals surface area contributed by atoms with Crippen LogP contribution in [0, 0.1) is 11.7 Å². The highest BCUT2D eigenvalue weighted by atomic mass is 19.1. The van der Waals surface area contributed by atoms with Gasteiger partial charge in [-0.2, -0.15) is 0 Å². The average molecular weight is 546 g/mol. The number of piperidine rings is 1. The van der Waals surface area contributed by atoms with Gasteiger partial charge in [-0.15, -0.1) is 0 Å². The third-order valence-corrected chi connectivity index (χ3v) is 7.82. The second-order valence-corrected chi connectivity index (χ2v) is 10.6. The minimum atomic E-state index is -0.219. The van der Waals surface area contributed by atoms with Gasteiger partial charge in [-0.25, -0.2) is 4.39 Å². The van der Waals surface area contributed by atoms with Crippen LogP contribution in [-0.2, 0) is 24.4 Å². The summed E-state index contributed by atoms with van der Waals surface area (Å²) in [6.07, 6.45) is 2.59. The fraction of sp³-hybridized carbons (Fsp3) is 0.394. The molecule has 40 heavy (non-hydrogen) atoms. The maximum Gasteiger partial charge on any atom is 0.251 e. The van der Waals surface area contributed by atoms with E-state index in [2.05, 4.69) is 10.2 Å². The van der Waals surface area contributed by atoms with Gasteiger partial charge in [0.05, 0.1) is 7.11 Å². The van der Waals surface area contributed by atoms with Crippen LogP contribution >= 0.6 is 0 Å². The van der Waals surface area contributed by atoms with Crippen molar-refractivity contribution in [3.05, 3.63) is 101 Å². The Labute approximate surface area is 237 Å². The van der Waals surface area contributed by atoms with Crippen molar-refractivity contribution in [3.63, 3.8) is 0 Å². The Morgan fingerprint density at radius 3 is 2.15 bits per heavy atom. The summed E-state index contributed by atoms with van der Waals surface area (Å²) in [5.74, 6) is 0.565. The van der Waals surface area contributed by atoms with Gasteiger partial charge < -0.3 is 15.0 Å². The highest BCUT2D eigenvalue weighted by molar-refractivity contribution is 5.94. The first-order chi connectivity index (χ1) is 19.4. The Hall–Kier alpha value is -3.71. The number of hydrogen-bond donors (Lipinski definition) is 1. The van der Waals surface area contributed by atoms with Gasteiger partial charge in [-0.05, 0) is 72.4 Å². The number of benzene rings is 3. The fourth-order valence-corrected chi connectivity index (χ4v) is 5.07. The van der Waals surface area contributed by atoms with Crippen LogP contribution in [0.1, 0.15) is 60.2 Å². The van der Waals surface area contributed by atoms with Crippen molar-refractivity contribution >= 4 is 11.8 Å². The largest absolute Gasteiger partial charge is 0.497 e. The molecule has 7 heteroatoms. The molecule has 1 aliphatic heterocycles. The lowest BCUT2D eigenvalue weighted by Gasteiger charge is -2.39. The molecule has 4 rings (SSSR count). The molecule has 212 valence electrons. The molecule has 3 aromatic carbocycles. The monoisotopic (exact) mass is 545 g/mol. The molecule has 1 N–H and O–H groups in total. The molecule has 0 aliphatic carbocycles. The van der Waals surface area contributed by atoms with Crippen molar-refractivity contribution in [1.29, 1.82) is 0 Å². The highest BCUT2D eigenvalue weighted by Crippen LogP contribution is 2.24. The minimum absolute atomic E-state index is 0.0414. The van der Waals surface area contributed by atoms with Gasteiger partial charge in [0.2, 0.25) is 5.91 Å². The zero-order valence-electron chi connectivity index (χ0n) is 23.7. The summed E-state index contributed by atoms with van der Waals surface area (Å²) in [5, 5.41) is 2.96. The molecule has 6 nitrogen and oxygen atoms in total. The number of amides is 2. The first-order valence-electron chi connectivity index (χ1n) is 14.1. The summed E-state index contributed by atoms with van der Waals surface area (Å²) >= 11 is 0. The van der Waals surface area contributed by atoms with Gasteiger partial charge in [0.15, 0.2) is 0 Å². The maximum absolute atomic E-state index is 13.4. The van der Waals surface area contributed by atoms with Gasteiger partial charge in [-0.3, -0.25) is 14.5 Å². The van der Waals surface area contributed by atoms with Crippen LogP contribution in [0.5, 0.6) is 5.75 Å². The normalized spacial score (nSPS) is 14.9. The number of carbonyl (C=O) groups is 2. The average Bonchev–Trinajstić information content (AvgIpc) is 3.00. The first kappa shape index (κ1) is 29.3. The van der Waals surface area contributed by atoms with E-state index < -0.39 is 0 Å². The van der Waals surface area contributed by atoms with E-state index in [4.69, 9.17) is 4.74 Å². The second kappa shape index (κ2) is 14.1. The number of hydrogen-bond acceptors (Lipinski definition) is 4. The third-order valence-electron chi connectivity index (χ3n) is 7.82. The molecule has 1 fully saturated rings. The predicted octanol–water partition coefficient (Wildman–Crippen LogP) is 5.80. The predicted molar refractivity (Wildman–Crippen MR) is 155 cm³/mol. The topological polar surface area (TPSA) is 61.9 Å². The summed E-state index contributed by atoms with van der Waals surface area (Å²) in [7, 11) is 1.63. The molecule has 0 aromatic heterocycles. The zero-order valence-corrected chi connectivity index (χ0v) is 23.7. The Morgan fingerprint density at radius 2 is 1.55 bits per heavy atom. The van der Waals surface area contributed by atoms with Gasteiger partial charge in [0.1, 0.15) is 11.6 Å². The van der Waals surface area contributed by atoms with Gasteiger partial charge >= 0.3 is 0 Å². The van der Waals surface area contributed by atoms with Crippen molar-refractivity contribution < 1.29 is 18.7 Å². The number of halogens is 1. The van der Waals surface area contributed by atoms with Crippen molar-refractivity contribution in [1.82, 2.24) is 15.1 Å². The lowest BCUT2D eigenvalue weighted by Crippen LogP contribution is -2.48. The second-order valence-electron chi connectivity index (χ2n) is 10.6. The molecule has 1 saturated heterocycles. The van der Waals surface area contributed by atoms with Crippen LogP contribution in [0.15, 0.2) is 72.8 Å². The fourth-order valence-electron chi connectivity index (χ4n) is 5.07. The number of methoxy groups -OCH3 is 1. The number of likely N-dealkylation sites (tertiary alicyclic amines) is 1. The number of rotatable bonds is 11. The van der Waals surface area contributed by atoms with Crippen LogP contribution in [0.25, 0.3) is 0 Å². The molecule has 0 spiro atoms. The van der Waals surface area contributed by atoms with Crippen molar-refractivity contribution in [2.45, 2.75) is 58.8 Å². The molecule has 1 atom stereocenters. The van der Waals surface area contributed by atoms with Crippen LogP contribution in [0.2, 0.25) is 0 Å². The summed E-state index contributed by atoms with van der Waals surface area (Å²) in [5.41, 5.74) is 3.69. The van der Waals surface area contributed by atoms with Crippen molar-refractivity contribution in [2.75, 3.05) is 20.2 Å². The van der Waals surface area contributed by atoms with E-state index in [1.807, 2.05) is 79.4 Å². The molecule has 3 aromatic rings. The Morgan fingerprint density at radius 1 is 0.950 bits per heavy atom. The maximum atomic E-state index is 13.4. The molecule has 0 bridgehead atoms. The summed E-state index contributed by atoms with van der Waals surface area (Å²) in [6, 6.07) is 22.0. The van der Waals surface area contributed by atoms with Crippen molar-refractivity contribution in [3.8, 4) is 5.75 Å². The molecular formula is C33H40FN3O3. The minimum Gasteiger partial charge on any atom is -0.497 e. The van der Waals surface area contributed by atoms with Crippen molar-refractivity contribution in [2.24, 2.45) is 5.92 Å². The molecule has 0 saturated carbocycles. The summed E-state index contributed by atoms with van der Waals surface area (Å²) in [6.45, 7) is 7.56. The van der Waals surface area contributed by atoms with E-state index in [-0.39, 0.29) is 29.6 Å². The zero-order chi connectivity index (χ0) is 28.5. The smallest absolute Gasteiger partial charge is 0.251 e. The van der Waals surface area contributed by atoms with Crippen LogP contribution in [0.4, 0.5) is 4.39 Å². The quantitative estimate of drug-likeness (QED) is 0.331. The standard InChI is InChI=1S/C33H40FN3O3/c1-4-24(2)33(39)37(30-17-19-36(20-18-30)22-26-7-13-29(34)14-8-26)23-27-5-11-28(12-6-27)32(38)35-21-25-9-15-31(40-3)16-10-25/h5-16,24,30H,4,17-23H2,1-3H3,(H,35,38). The Kier molecular flexibility index (Phi) is 10.3. The molecule has 1 unspecified atom stereocenters.